The Morgan fingerprint density at radius 1 is 1.45 bits per heavy atom. The summed E-state index contributed by atoms with van der Waals surface area (Å²) in [7, 11) is 1.66. The second-order valence-electron chi connectivity index (χ2n) is 5.30. The molecule has 1 aliphatic carbocycles. The first-order chi connectivity index (χ1) is 9.47. The molecule has 1 aliphatic rings. The van der Waals surface area contributed by atoms with E-state index in [-0.39, 0.29) is 12.1 Å². The highest BCUT2D eigenvalue weighted by Crippen LogP contribution is 2.26. The summed E-state index contributed by atoms with van der Waals surface area (Å²) in [4.78, 5) is 24.6. The number of carbonyl (C=O) groups is 2. The van der Waals surface area contributed by atoms with E-state index in [0.29, 0.717) is 18.7 Å². The quantitative estimate of drug-likeness (QED) is 0.883. The zero-order valence-corrected chi connectivity index (χ0v) is 11.8. The van der Waals surface area contributed by atoms with Gasteiger partial charge in [0.05, 0.1) is 12.5 Å². The third kappa shape index (κ3) is 3.31. The van der Waals surface area contributed by atoms with Crippen molar-refractivity contribution in [1.82, 2.24) is 10.2 Å². The molecule has 1 saturated carbocycles. The van der Waals surface area contributed by atoms with E-state index in [1.54, 1.807) is 7.05 Å². The number of carboxylic acid groups (broad SMARTS) is 1. The highest BCUT2D eigenvalue weighted by atomic mass is 16.4. The van der Waals surface area contributed by atoms with Crippen LogP contribution in [0.1, 0.15) is 30.8 Å². The molecule has 1 heterocycles. The molecular weight excluding hydrogens is 260 g/mol. The highest BCUT2D eigenvalue weighted by molar-refractivity contribution is 5.77. The molecule has 2 rings (SSSR count). The molecule has 2 unspecified atom stereocenters. The molecule has 0 bridgehead atoms. The average Bonchev–Trinajstić information content (AvgIpc) is 2.98. The zero-order valence-electron chi connectivity index (χ0n) is 11.8. The summed E-state index contributed by atoms with van der Waals surface area (Å²) in [5.74, 6) is 0.201. The lowest BCUT2D eigenvalue weighted by Crippen LogP contribution is -2.45. The summed E-state index contributed by atoms with van der Waals surface area (Å²) in [5.41, 5.74) is 0. The Labute approximate surface area is 117 Å². The molecule has 0 aliphatic heterocycles. The standard InChI is InChI=1S/C14H20N2O4/c1-9-6-7-10(20-9)8-16(2)14(19)15-12-5-3-4-11(12)13(17)18/h6-7,11-12H,3-5,8H2,1-2H3,(H,15,19)(H,17,18). The minimum absolute atomic E-state index is 0.266. The summed E-state index contributed by atoms with van der Waals surface area (Å²) >= 11 is 0. The minimum atomic E-state index is -0.836. The van der Waals surface area contributed by atoms with Crippen LogP contribution in [0.3, 0.4) is 0 Å². The van der Waals surface area contributed by atoms with Crippen molar-refractivity contribution in [2.75, 3.05) is 7.05 Å². The van der Waals surface area contributed by atoms with Gasteiger partial charge in [0.1, 0.15) is 11.5 Å². The topological polar surface area (TPSA) is 82.8 Å². The zero-order chi connectivity index (χ0) is 14.7. The summed E-state index contributed by atoms with van der Waals surface area (Å²) in [5, 5.41) is 11.9. The predicted octanol–water partition coefficient (Wildman–Crippen LogP) is 1.98. The molecule has 2 amide bonds. The third-order valence-corrected chi connectivity index (χ3v) is 3.68. The molecule has 20 heavy (non-hydrogen) atoms. The summed E-state index contributed by atoms with van der Waals surface area (Å²) in [6.07, 6.45) is 2.18. The molecule has 6 nitrogen and oxygen atoms in total. The van der Waals surface area contributed by atoms with E-state index < -0.39 is 11.9 Å². The van der Waals surface area contributed by atoms with Gasteiger partial charge in [-0.1, -0.05) is 6.42 Å². The number of aryl methyl sites for hydroxylation is 1. The second kappa shape index (κ2) is 5.98. The Hall–Kier alpha value is -1.98. The number of carboxylic acids is 1. The number of nitrogens with one attached hydrogen (secondary N) is 1. The fourth-order valence-corrected chi connectivity index (χ4v) is 2.57. The molecule has 2 atom stereocenters. The number of amides is 2. The minimum Gasteiger partial charge on any atom is -0.481 e. The van der Waals surface area contributed by atoms with Gasteiger partial charge in [-0.05, 0) is 31.9 Å². The van der Waals surface area contributed by atoms with Gasteiger partial charge < -0.3 is 19.7 Å². The molecule has 1 aromatic rings. The van der Waals surface area contributed by atoms with Crippen LogP contribution in [0.15, 0.2) is 16.5 Å². The van der Waals surface area contributed by atoms with Gasteiger partial charge in [0.25, 0.3) is 0 Å². The van der Waals surface area contributed by atoms with Gasteiger partial charge in [-0.3, -0.25) is 4.79 Å². The van der Waals surface area contributed by atoms with Crippen LogP contribution in [0.25, 0.3) is 0 Å². The van der Waals surface area contributed by atoms with Crippen LogP contribution in [0.2, 0.25) is 0 Å². The number of urea groups is 1. The van der Waals surface area contributed by atoms with Crippen LogP contribution in [0.5, 0.6) is 0 Å². The third-order valence-electron chi connectivity index (χ3n) is 3.68. The van der Waals surface area contributed by atoms with Gasteiger partial charge in [-0.25, -0.2) is 4.79 Å². The Kier molecular flexibility index (Phi) is 4.32. The molecule has 0 radical (unpaired) electrons. The Morgan fingerprint density at radius 2 is 2.20 bits per heavy atom. The normalized spacial score (nSPS) is 21.7. The number of rotatable bonds is 4. The summed E-state index contributed by atoms with van der Waals surface area (Å²) in [6, 6.07) is 3.13. The molecule has 0 saturated heterocycles. The van der Waals surface area contributed by atoms with Gasteiger partial charge in [0.15, 0.2) is 0 Å². The van der Waals surface area contributed by atoms with Gasteiger partial charge in [-0.15, -0.1) is 0 Å². The maximum absolute atomic E-state index is 12.1. The molecule has 1 aromatic heterocycles. The van der Waals surface area contributed by atoms with Crippen LogP contribution in [-0.2, 0) is 11.3 Å². The van der Waals surface area contributed by atoms with Crippen molar-refractivity contribution in [3.63, 3.8) is 0 Å². The van der Waals surface area contributed by atoms with E-state index in [4.69, 9.17) is 9.52 Å². The van der Waals surface area contributed by atoms with Gasteiger partial charge in [0, 0.05) is 13.1 Å². The van der Waals surface area contributed by atoms with Gasteiger partial charge in [-0.2, -0.15) is 0 Å². The first-order valence-electron chi connectivity index (χ1n) is 6.77. The van der Waals surface area contributed by atoms with E-state index >= 15 is 0 Å². The largest absolute Gasteiger partial charge is 0.481 e. The maximum atomic E-state index is 12.1. The lowest BCUT2D eigenvalue weighted by Gasteiger charge is -2.22. The molecule has 110 valence electrons. The number of hydrogen-bond acceptors (Lipinski definition) is 3. The average molecular weight is 280 g/mol. The first-order valence-corrected chi connectivity index (χ1v) is 6.77. The molecule has 1 fully saturated rings. The van der Waals surface area contributed by atoms with Crippen LogP contribution in [0, 0.1) is 12.8 Å². The van der Waals surface area contributed by atoms with E-state index in [9.17, 15) is 9.59 Å². The SMILES string of the molecule is Cc1ccc(CN(C)C(=O)NC2CCCC2C(=O)O)o1. The molecule has 6 heteroatoms. The lowest BCUT2D eigenvalue weighted by molar-refractivity contribution is -0.142. The van der Waals surface area contributed by atoms with E-state index in [2.05, 4.69) is 5.32 Å². The van der Waals surface area contributed by atoms with Crippen molar-refractivity contribution in [3.8, 4) is 0 Å². The molecule has 0 aromatic carbocycles. The van der Waals surface area contributed by atoms with Gasteiger partial charge >= 0.3 is 12.0 Å². The van der Waals surface area contributed by atoms with Crippen LogP contribution < -0.4 is 5.32 Å². The molecule has 2 N–H and O–H groups in total. The number of aliphatic carboxylic acids is 1. The second-order valence-corrected chi connectivity index (χ2v) is 5.30. The lowest BCUT2D eigenvalue weighted by atomic mass is 10.0. The number of furan rings is 1. The monoisotopic (exact) mass is 280 g/mol. The number of nitrogens with zero attached hydrogens (tertiary/aromatic N) is 1. The molecular formula is C14H20N2O4. The smallest absolute Gasteiger partial charge is 0.317 e. The van der Waals surface area contributed by atoms with E-state index in [1.165, 1.54) is 4.90 Å². The Morgan fingerprint density at radius 3 is 2.80 bits per heavy atom. The maximum Gasteiger partial charge on any atom is 0.317 e. The van der Waals surface area contributed by atoms with Crippen molar-refractivity contribution >= 4 is 12.0 Å². The van der Waals surface area contributed by atoms with Gasteiger partial charge in [0.2, 0.25) is 0 Å². The fraction of sp³-hybridized carbons (Fsp3) is 0.571. The Bertz CT molecular complexity index is 497. The first kappa shape index (κ1) is 14.4. The number of carbonyl (C=O) groups excluding carboxylic acids is 1. The van der Waals surface area contributed by atoms with Crippen molar-refractivity contribution in [3.05, 3.63) is 23.7 Å². The fourth-order valence-electron chi connectivity index (χ4n) is 2.57. The summed E-state index contributed by atoms with van der Waals surface area (Å²) < 4.78 is 5.42. The Balaban J connectivity index is 1.89. The van der Waals surface area contributed by atoms with Crippen molar-refractivity contribution < 1.29 is 19.1 Å². The summed E-state index contributed by atoms with van der Waals surface area (Å²) in [6.45, 7) is 2.21. The number of hydrogen-bond donors (Lipinski definition) is 2. The van der Waals surface area contributed by atoms with Crippen molar-refractivity contribution in [1.29, 1.82) is 0 Å². The van der Waals surface area contributed by atoms with Crippen LogP contribution in [0.4, 0.5) is 4.79 Å². The predicted molar refractivity (Wildman–Crippen MR) is 72.2 cm³/mol. The molecule has 0 spiro atoms. The van der Waals surface area contributed by atoms with E-state index in [1.807, 2.05) is 19.1 Å². The van der Waals surface area contributed by atoms with E-state index in [0.717, 1.165) is 18.6 Å². The van der Waals surface area contributed by atoms with Crippen LogP contribution in [-0.4, -0.2) is 35.1 Å². The van der Waals surface area contributed by atoms with Crippen molar-refractivity contribution in [2.24, 2.45) is 5.92 Å². The highest BCUT2D eigenvalue weighted by Gasteiger charge is 2.34. The van der Waals surface area contributed by atoms with Crippen LogP contribution >= 0.6 is 0 Å². The van der Waals surface area contributed by atoms with Crippen molar-refractivity contribution in [2.45, 2.75) is 38.8 Å².